The van der Waals surface area contributed by atoms with E-state index in [4.69, 9.17) is 4.74 Å². The van der Waals surface area contributed by atoms with Gasteiger partial charge in [0.25, 0.3) is 5.69 Å². The van der Waals surface area contributed by atoms with Crippen LogP contribution in [0, 0.1) is 16.0 Å². The van der Waals surface area contributed by atoms with Crippen LogP contribution in [-0.4, -0.2) is 35.8 Å². The van der Waals surface area contributed by atoms with Crippen LogP contribution in [0.2, 0.25) is 0 Å². The summed E-state index contributed by atoms with van der Waals surface area (Å²) in [6, 6.07) is 4.80. The molecular formula is C15H22N2O4. The van der Waals surface area contributed by atoms with E-state index in [0.717, 1.165) is 25.1 Å². The lowest BCUT2D eigenvalue weighted by molar-refractivity contribution is -0.384. The fourth-order valence-electron chi connectivity index (χ4n) is 2.44. The lowest BCUT2D eigenvalue weighted by atomic mass is 9.95. The van der Waals surface area contributed by atoms with Crippen molar-refractivity contribution in [2.75, 3.05) is 24.6 Å². The fraction of sp³-hybridized carbons (Fsp3) is 0.600. The molecule has 2 rings (SSSR count). The summed E-state index contributed by atoms with van der Waals surface area (Å²) in [5.74, 6) is 0.768. The number of β-amino-alcohol motifs (C(OH)–C–C–N with tert-alkyl or cyclic N) is 1. The third-order valence-corrected chi connectivity index (χ3v) is 3.84. The van der Waals surface area contributed by atoms with E-state index < -0.39 is 11.0 Å². The molecule has 1 aromatic rings. The van der Waals surface area contributed by atoms with Gasteiger partial charge in [0.05, 0.1) is 23.7 Å². The summed E-state index contributed by atoms with van der Waals surface area (Å²) in [7, 11) is 0. The summed E-state index contributed by atoms with van der Waals surface area (Å²) >= 11 is 0. The number of piperidine rings is 1. The minimum atomic E-state index is -0.411. The van der Waals surface area contributed by atoms with E-state index in [1.807, 2.05) is 24.8 Å². The summed E-state index contributed by atoms with van der Waals surface area (Å²) in [6.45, 7) is 5.81. The van der Waals surface area contributed by atoms with Gasteiger partial charge in [0.15, 0.2) is 0 Å². The number of non-ortho nitro benzene ring substituents is 1. The van der Waals surface area contributed by atoms with Crippen molar-refractivity contribution in [1.82, 2.24) is 0 Å². The summed E-state index contributed by atoms with van der Waals surface area (Å²) in [5, 5.41) is 21.1. The second-order valence-electron chi connectivity index (χ2n) is 5.57. The van der Waals surface area contributed by atoms with Crippen molar-refractivity contribution < 1.29 is 14.8 Å². The van der Waals surface area contributed by atoms with E-state index >= 15 is 0 Å². The highest BCUT2D eigenvalue weighted by Gasteiger charge is 2.25. The van der Waals surface area contributed by atoms with Gasteiger partial charge in [-0.15, -0.1) is 0 Å². The third-order valence-electron chi connectivity index (χ3n) is 3.84. The molecule has 116 valence electrons. The molecule has 0 aromatic heterocycles. The van der Waals surface area contributed by atoms with Gasteiger partial charge in [0.2, 0.25) is 0 Å². The lowest BCUT2D eigenvalue weighted by Gasteiger charge is -2.35. The average Bonchev–Trinajstić information content (AvgIpc) is 2.47. The first-order chi connectivity index (χ1) is 10.0. The van der Waals surface area contributed by atoms with Crippen LogP contribution in [0.25, 0.3) is 0 Å². The summed E-state index contributed by atoms with van der Waals surface area (Å²) < 4.78 is 5.53. The Balaban J connectivity index is 2.25. The standard InChI is InChI=1S/C15H22N2O4/c1-3-6-21-14-8-12(7-13(9-14)17(19)20)16-5-4-11(2)15(18)10-16/h7-9,11,15,18H,3-6,10H2,1-2H3. The molecule has 0 bridgehead atoms. The molecule has 2 atom stereocenters. The maximum Gasteiger partial charge on any atom is 0.275 e. The molecule has 0 amide bonds. The zero-order chi connectivity index (χ0) is 15.4. The van der Waals surface area contributed by atoms with Crippen LogP contribution in [0.15, 0.2) is 18.2 Å². The second kappa shape index (κ2) is 6.76. The fourth-order valence-corrected chi connectivity index (χ4v) is 2.44. The number of nitrogens with zero attached hydrogens (tertiary/aromatic N) is 2. The molecular weight excluding hydrogens is 272 g/mol. The number of hydrogen-bond acceptors (Lipinski definition) is 5. The highest BCUT2D eigenvalue weighted by Crippen LogP contribution is 2.31. The minimum absolute atomic E-state index is 0.0201. The number of anilines is 1. The topological polar surface area (TPSA) is 75.8 Å². The molecule has 1 saturated heterocycles. The molecule has 21 heavy (non-hydrogen) atoms. The monoisotopic (exact) mass is 294 g/mol. The van der Waals surface area contributed by atoms with Gasteiger partial charge in [-0.2, -0.15) is 0 Å². The molecule has 2 unspecified atom stereocenters. The molecule has 6 nitrogen and oxygen atoms in total. The Hall–Kier alpha value is -1.82. The van der Waals surface area contributed by atoms with Crippen molar-refractivity contribution >= 4 is 11.4 Å². The van der Waals surface area contributed by atoms with E-state index in [0.29, 0.717) is 18.9 Å². The Labute approximate surface area is 124 Å². The van der Waals surface area contributed by atoms with Gasteiger partial charge in [-0.05, 0) is 18.8 Å². The predicted octanol–water partition coefficient (Wildman–Crippen LogP) is 2.59. The quantitative estimate of drug-likeness (QED) is 0.667. The molecule has 1 heterocycles. The van der Waals surface area contributed by atoms with E-state index in [2.05, 4.69) is 0 Å². The molecule has 1 aliphatic rings. The van der Waals surface area contributed by atoms with E-state index in [1.165, 1.54) is 6.07 Å². The Bertz CT molecular complexity index is 506. The molecule has 0 aliphatic carbocycles. The second-order valence-corrected chi connectivity index (χ2v) is 5.57. The van der Waals surface area contributed by atoms with E-state index in [1.54, 1.807) is 6.07 Å². The maximum atomic E-state index is 11.1. The number of hydrogen-bond donors (Lipinski definition) is 1. The molecule has 0 spiro atoms. The number of nitro benzene ring substituents is 1. The van der Waals surface area contributed by atoms with Crippen LogP contribution in [0.5, 0.6) is 5.75 Å². The smallest absolute Gasteiger partial charge is 0.275 e. The summed E-state index contributed by atoms with van der Waals surface area (Å²) in [5.41, 5.74) is 0.757. The van der Waals surface area contributed by atoms with E-state index in [-0.39, 0.29) is 11.6 Å². The van der Waals surface area contributed by atoms with Crippen molar-refractivity contribution in [2.45, 2.75) is 32.8 Å². The van der Waals surface area contributed by atoms with Crippen LogP contribution in [0.3, 0.4) is 0 Å². The number of nitro groups is 1. The first-order valence-electron chi connectivity index (χ1n) is 7.36. The van der Waals surface area contributed by atoms with Crippen LogP contribution >= 0.6 is 0 Å². The zero-order valence-corrected chi connectivity index (χ0v) is 12.5. The van der Waals surface area contributed by atoms with Crippen molar-refractivity contribution in [3.63, 3.8) is 0 Å². The largest absolute Gasteiger partial charge is 0.493 e. The molecule has 1 aromatic carbocycles. The normalized spacial score (nSPS) is 22.1. The van der Waals surface area contributed by atoms with Gasteiger partial charge >= 0.3 is 0 Å². The summed E-state index contributed by atoms with van der Waals surface area (Å²) in [6.07, 6.45) is 1.31. The number of rotatable bonds is 5. The summed E-state index contributed by atoms with van der Waals surface area (Å²) in [4.78, 5) is 12.6. The minimum Gasteiger partial charge on any atom is -0.493 e. The number of aliphatic hydroxyl groups excluding tert-OH is 1. The van der Waals surface area contributed by atoms with Gasteiger partial charge in [-0.25, -0.2) is 0 Å². The number of aliphatic hydroxyl groups is 1. The van der Waals surface area contributed by atoms with Crippen LogP contribution in [0.4, 0.5) is 11.4 Å². The molecule has 0 saturated carbocycles. The van der Waals surface area contributed by atoms with Gasteiger partial charge in [-0.1, -0.05) is 13.8 Å². The Morgan fingerprint density at radius 3 is 2.86 bits per heavy atom. The molecule has 0 radical (unpaired) electrons. The van der Waals surface area contributed by atoms with Gasteiger partial charge in [-0.3, -0.25) is 10.1 Å². The van der Waals surface area contributed by atoms with Gasteiger partial charge < -0.3 is 14.7 Å². The molecule has 1 aliphatic heterocycles. The Morgan fingerprint density at radius 1 is 1.48 bits per heavy atom. The van der Waals surface area contributed by atoms with Crippen LogP contribution in [-0.2, 0) is 0 Å². The van der Waals surface area contributed by atoms with Crippen LogP contribution in [0.1, 0.15) is 26.7 Å². The Morgan fingerprint density at radius 2 is 2.24 bits per heavy atom. The SMILES string of the molecule is CCCOc1cc(N2CCC(C)C(O)C2)cc([N+](=O)[O-])c1. The molecule has 1 N–H and O–H groups in total. The Kier molecular flexibility index (Phi) is 5.01. The zero-order valence-electron chi connectivity index (χ0n) is 12.5. The lowest BCUT2D eigenvalue weighted by Crippen LogP contribution is -2.42. The van der Waals surface area contributed by atoms with Crippen molar-refractivity contribution in [1.29, 1.82) is 0 Å². The number of benzene rings is 1. The number of ether oxygens (including phenoxy) is 1. The first kappa shape index (κ1) is 15.6. The maximum absolute atomic E-state index is 11.1. The van der Waals surface area contributed by atoms with Gasteiger partial charge in [0.1, 0.15) is 5.75 Å². The van der Waals surface area contributed by atoms with Gasteiger partial charge in [0, 0.05) is 30.9 Å². The highest BCUT2D eigenvalue weighted by atomic mass is 16.6. The molecule has 1 fully saturated rings. The molecule has 6 heteroatoms. The first-order valence-corrected chi connectivity index (χ1v) is 7.36. The van der Waals surface area contributed by atoms with Crippen molar-refractivity contribution in [3.8, 4) is 5.75 Å². The highest BCUT2D eigenvalue weighted by molar-refractivity contribution is 5.58. The predicted molar refractivity (Wildman–Crippen MR) is 80.9 cm³/mol. The van der Waals surface area contributed by atoms with Crippen molar-refractivity contribution in [3.05, 3.63) is 28.3 Å². The average molecular weight is 294 g/mol. The third kappa shape index (κ3) is 3.85. The van der Waals surface area contributed by atoms with Crippen molar-refractivity contribution in [2.24, 2.45) is 5.92 Å². The van der Waals surface area contributed by atoms with E-state index in [9.17, 15) is 15.2 Å². The van der Waals surface area contributed by atoms with Crippen LogP contribution < -0.4 is 9.64 Å².